The van der Waals surface area contributed by atoms with Crippen LogP contribution in [0.2, 0.25) is 0 Å². The molecule has 126 valence electrons. The molecule has 1 fully saturated rings. The van der Waals surface area contributed by atoms with E-state index in [0.717, 1.165) is 25.9 Å². The molecule has 1 saturated heterocycles. The Kier molecular flexibility index (Phi) is 5.08. The molecule has 1 aliphatic rings. The van der Waals surface area contributed by atoms with Crippen LogP contribution in [0.25, 0.3) is 0 Å². The fraction of sp³-hybridized carbons (Fsp3) is 0.421. The SMILES string of the molecule is Cc1cccc(CNc2ccc(C(=O)N3CCC(C)CC3)nn2)c1. The molecule has 0 atom stereocenters. The molecule has 1 N–H and O–H groups in total. The maximum Gasteiger partial charge on any atom is 0.274 e. The first-order valence-corrected chi connectivity index (χ1v) is 8.54. The number of aromatic nitrogens is 2. The van der Waals surface area contributed by atoms with E-state index in [1.165, 1.54) is 11.1 Å². The number of hydrogen-bond donors (Lipinski definition) is 1. The van der Waals surface area contributed by atoms with Crippen molar-refractivity contribution >= 4 is 11.7 Å². The van der Waals surface area contributed by atoms with Gasteiger partial charge in [0, 0.05) is 19.6 Å². The van der Waals surface area contributed by atoms with Gasteiger partial charge in [-0.05, 0) is 43.4 Å². The van der Waals surface area contributed by atoms with E-state index in [1.807, 2.05) is 17.0 Å². The lowest BCUT2D eigenvalue weighted by atomic mass is 9.99. The highest BCUT2D eigenvalue weighted by atomic mass is 16.2. The molecule has 2 aromatic rings. The van der Waals surface area contributed by atoms with Crippen molar-refractivity contribution in [2.75, 3.05) is 18.4 Å². The van der Waals surface area contributed by atoms with Crippen LogP contribution in [0, 0.1) is 12.8 Å². The van der Waals surface area contributed by atoms with Crippen LogP contribution in [0.5, 0.6) is 0 Å². The van der Waals surface area contributed by atoms with Gasteiger partial charge in [-0.2, -0.15) is 0 Å². The zero-order valence-electron chi connectivity index (χ0n) is 14.3. The average molecular weight is 324 g/mol. The maximum atomic E-state index is 12.4. The topological polar surface area (TPSA) is 58.1 Å². The third kappa shape index (κ3) is 4.10. The number of carbonyl (C=O) groups excluding carboxylic acids is 1. The van der Waals surface area contributed by atoms with E-state index in [9.17, 15) is 4.79 Å². The Balaban J connectivity index is 1.58. The van der Waals surface area contributed by atoms with Crippen LogP contribution in [-0.4, -0.2) is 34.1 Å². The molecule has 5 heteroatoms. The molecule has 2 heterocycles. The Labute approximate surface area is 143 Å². The lowest BCUT2D eigenvalue weighted by Gasteiger charge is -2.29. The van der Waals surface area contributed by atoms with Crippen molar-refractivity contribution in [1.29, 1.82) is 0 Å². The van der Waals surface area contributed by atoms with E-state index in [-0.39, 0.29) is 5.91 Å². The molecular formula is C19H24N4O. The summed E-state index contributed by atoms with van der Waals surface area (Å²) < 4.78 is 0. The summed E-state index contributed by atoms with van der Waals surface area (Å²) in [4.78, 5) is 14.3. The molecule has 5 nitrogen and oxygen atoms in total. The van der Waals surface area contributed by atoms with E-state index in [4.69, 9.17) is 0 Å². The highest BCUT2D eigenvalue weighted by Crippen LogP contribution is 2.17. The highest BCUT2D eigenvalue weighted by Gasteiger charge is 2.22. The summed E-state index contributed by atoms with van der Waals surface area (Å²) >= 11 is 0. The van der Waals surface area contributed by atoms with Gasteiger partial charge in [0.25, 0.3) is 5.91 Å². The smallest absolute Gasteiger partial charge is 0.274 e. The second kappa shape index (κ2) is 7.43. The fourth-order valence-electron chi connectivity index (χ4n) is 2.93. The standard InChI is InChI=1S/C19H24N4O/c1-14-8-10-23(11-9-14)19(24)17-6-7-18(22-21-17)20-13-16-5-3-4-15(2)12-16/h3-7,12,14H,8-11,13H2,1-2H3,(H,20,22). The number of piperidine rings is 1. The summed E-state index contributed by atoms with van der Waals surface area (Å²) in [6.07, 6.45) is 2.13. The summed E-state index contributed by atoms with van der Waals surface area (Å²) in [6, 6.07) is 11.9. The predicted octanol–water partition coefficient (Wildman–Crippen LogP) is 3.27. The van der Waals surface area contributed by atoms with Gasteiger partial charge in [0.05, 0.1) is 0 Å². The molecule has 0 unspecified atom stereocenters. The highest BCUT2D eigenvalue weighted by molar-refractivity contribution is 5.92. The molecular weight excluding hydrogens is 300 g/mol. The van der Waals surface area contributed by atoms with Crippen LogP contribution in [-0.2, 0) is 6.54 Å². The predicted molar refractivity (Wildman–Crippen MR) is 94.8 cm³/mol. The van der Waals surface area contributed by atoms with Gasteiger partial charge in [-0.3, -0.25) is 4.79 Å². The van der Waals surface area contributed by atoms with Gasteiger partial charge in [-0.25, -0.2) is 0 Å². The quantitative estimate of drug-likeness (QED) is 0.938. The first kappa shape index (κ1) is 16.4. The van der Waals surface area contributed by atoms with Crippen molar-refractivity contribution in [3.63, 3.8) is 0 Å². The lowest BCUT2D eigenvalue weighted by Crippen LogP contribution is -2.38. The third-order valence-electron chi connectivity index (χ3n) is 4.51. The van der Waals surface area contributed by atoms with Gasteiger partial charge in [0.2, 0.25) is 0 Å². The number of rotatable bonds is 4. The van der Waals surface area contributed by atoms with Crippen molar-refractivity contribution < 1.29 is 4.79 Å². The van der Waals surface area contributed by atoms with E-state index in [2.05, 4.69) is 47.6 Å². The van der Waals surface area contributed by atoms with Crippen LogP contribution in [0.15, 0.2) is 36.4 Å². The van der Waals surface area contributed by atoms with E-state index in [1.54, 1.807) is 6.07 Å². The van der Waals surface area contributed by atoms with Crippen LogP contribution in [0.1, 0.15) is 41.4 Å². The zero-order valence-corrected chi connectivity index (χ0v) is 14.3. The second-order valence-corrected chi connectivity index (χ2v) is 6.62. The number of likely N-dealkylation sites (tertiary alicyclic amines) is 1. The first-order chi connectivity index (χ1) is 11.6. The minimum absolute atomic E-state index is 0.0142. The fourth-order valence-corrected chi connectivity index (χ4v) is 2.93. The minimum atomic E-state index is -0.0142. The number of anilines is 1. The number of carbonyl (C=O) groups is 1. The van der Waals surface area contributed by atoms with Crippen molar-refractivity contribution in [2.24, 2.45) is 5.92 Å². The van der Waals surface area contributed by atoms with Gasteiger partial charge >= 0.3 is 0 Å². The molecule has 1 aromatic heterocycles. The van der Waals surface area contributed by atoms with E-state index < -0.39 is 0 Å². The molecule has 0 saturated carbocycles. The number of nitrogens with one attached hydrogen (secondary N) is 1. The Hall–Kier alpha value is -2.43. The molecule has 1 aromatic carbocycles. The van der Waals surface area contributed by atoms with Crippen molar-refractivity contribution in [3.05, 3.63) is 53.2 Å². The number of benzene rings is 1. The monoisotopic (exact) mass is 324 g/mol. The molecule has 0 radical (unpaired) electrons. The summed E-state index contributed by atoms with van der Waals surface area (Å²) in [5, 5.41) is 11.5. The van der Waals surface area contributed by atoms with Gasteiger partial charge in [-0.1, -0.05) is 36.8 Å². The number of aryl methyl sites for hydroxylation is 1. The lowest BCUT2D eigenvalue weighted by molar-refractivity contribution is 0.0690. The third-order valence-corrected chi connectivity index (χ3v) is 4.51. The van der Waals surface area contributed by atoms with Crippen LogP contribution in [0.3, 0.4) is 0 Å². The van der Waals surface area contributed by atoms with Crippen molar-refractivity contribution in [2.45, 2.75) is 33.2 Å². The number of nitrogens with zero attached hydrogens (tertiary/aromatic N) is 3. The summed E-state index contributed by atoms with van der Waals surface area (Å²) in [7, 11) is 0. The molecule has 0 bridgehead atoms. The summed E-state index contributed by atoms with van der Waals surface area (Å²) in [5.41, 5.74) is 2.85. The van der Waals surface area contributed by atoms with Crippen molar-refractivity contribution in [3.8, 4) is 0 Å². The maximum absolute atomic E-state index is 12.4. The van der Waals surface area contributed by atoms with Crippen LogP contribution >= 0.6 is 0 Å². The molecule has 1 amide bonds. The molecule has 24 heavy (non-hydrogen) atoms. The average Bonchev–Trinajstić information content (AvgIpc) is 2.61. The van der Waals surface area contributed by atoms with Crippen molar-refractivity contribution in [1.82, 2.24) is 15.1 Å². The molecule has 1 aliphatic heterocycles. The molecule has 0 aliphatic carbocycles. The minimum Gasteiger partial charge on any atom is -0.365 e. The Morgan fingerprint density at radius 3 is 2.67 bits per heavy atom. The Bertz CT molecular complexity index is 691. The Morgan fingerprint density at radius 2 is 2.00 bits per heavy atom. The number of amides is 1. The van der Waals surface area contributed by atoms with Gasteiger partial charge in [0.1, 0.15) is 5.82 Å². The molecule has 0 spiro atoms. The van der Waals surface area contributed by atoms with Gasteiger partial charge in [-0.15, -0.1) is 10.2 Å². The largest absolute Gasteiger partial charge is 0.365 e. The second-order valence-electron chi connectivity index (χ2n) is 6.62. The normalized spacial score (nSPS) is 15.3. The van der Waals surface area contributed by atoms with Gasteiger partial charge in [0.15, 0.2) is 5.69 Å². The summed E-state index contributed by atoms with van der Waals surface area (Å²) in [6.45, 7) is 6.62. The van der Waals surface area contributed by atoms with Gasteiger partial charge < -0.3 is 10.2 Å². The van der Waals surface area contributed by atoms with Crippen LogP contribution in [0.4, 0.5) is 5.82 Å². The van der Waals surface area contributed by atoms with E-state index in [0.29, 0.717) is 24.0 Å². The summed E-state index contributed by atoms with van der Waals surface area (Å²) in [5.74, 6) is 1.37. The zero-order chi connectivity index (χ0) is 16.9. The molecule has 3 rings (SSSR count). The number of hydrogen-bond acceptors (Lipinski definition) is 4. The Morgan fingerprint density at radius 1 is 1.21 bits per heavy atom. The first-order valence-electron chi connectivity index (χ1n) is 8.54. The van der Waals surface area contributed by atoms with E-state index >= 15 is 0 Å². The van der Waals surface area contributed by atoms with Crippen LogP contribution < -0.4 is 5.32 Å².